The van der Waals surface area contributed by atoms with Crippen LogP contribution in [0.2, 0.25) is 0 Å². The third-order valence-electron chi connectivity index (χ3n) is 3.41. The van der Waals surface area contributed by atoms with E-state index in [0.717, 1.165) is 24.5 Å². The predicted molar refractivity (Wildman–Crippen MR) is 103 cm³/mol. The molecule has 2 rings (SSSR count). The van der Waals surface area contributed by atoms with Crippen molar-refractivity contribution in [2.24, 2.45) is 0 Å². The van der Waals surface area contributed by atoms with E-state index in [1.807, 2.05) is 13.8 Å². The number of rotatable bonds is 6. The van der Waals surface area contributed by atoms with Crippen LogP contribution in [0.3, 0.4) is 0 Å². The number of hydrogen-bond acceptors (Lipinski definition) is 6. The Morgan fingerprint density at radius 1 is 0.733 bits per heavy atom. The van der Waals surface area contributed by atoms with Crippen LogP contribution in [-0.4, -0.2) is 31.7 Å². The summed E-state index contributed by atoms with van der Waals surface area (Å²) in [5.41, 5.74) is -0.990. The summed E-state index contributed by atoms with van der Waals surface area (Å²) in [5, 5.41) is 17.8. The minimum atomic E-state index is -4.38. The fourth-order valence-electron chi connectivity index (χ4n) is 2.05. The fraction of sp³-hybridized carbons (Fsp3) is 0.444. The lowest BCUT2D eigenvalue weighted by Gasteiger charge is -2.10. The molecule has 4 nitrogen and oxygen atoms in total. The van der Waals surface area contributed by atoms with Crippen LogP contribution in [0.4, 0.5) is 26.3 Å². The number of aliphatic hydroxyl groups excluding tert-OH is 2. The van der Waals surface area contributed by atoms with E-state index in [9.17, 15) is 26.3 Å². The van der Waals surface area contributed by atoms with Gasteiger partial charge in [-0.3, -0.25) is 9.97 Å². The molecular formula is C18H20F6N2O2S2. The van der Waals surface area contributed by atoms with E-state index < -0.39 is 23.5 Å². The standard InChI is InChI=1S/2C9H10F3NOS/c2*1-2-15-8-3-6(9(10,11)12)4-13-7(8)5-14/h2*3-4,14H,2,5H2,1H3. The molecule has 0 atom stereocenters. The second-order valence-corrected chi connectivity index (χ2v) is 8.13. The first kappa shape index (κ1) is 26.5. The number of nitrogens with zero attached hydrogens (tertiary/aromatic N) is 2. The number of aromatic nitrogens is 2. The molecule has 2 heterocycles. The van der Waals surface area contributed by atoms with Gasteiger partial charge >= 0.3 is 12.4 Å². The van der Waals surface area contributed by atoms with E-state index in [1.54, 1.807) is 0 Å². The van der Waals surface area contributed by atoms with Crippen LogP contribution in [0.15, 0.2) is 34.3 Å². The van der Waals surface area contributed by atoms with Gasteiger partial charge in [0.1, 0.15) is 0 Å². The number of hydrogen-bond donors (Lipinski definition) is 2. The number of pyridine rings is 2. The molecular weight excluding hydrogens is 454 g/mol. The predicted octanol–water partition coefficient (Wildman–Crippen LogP) is 5.41. The van der Waals surface area contributed by atoms with E-state index in [4.69, 9.17) is 10.2 Å². The molecule has 30 heavy (non-hydrogen) atoms. The molecule has 0 saturated carbocycles. The Labute approximate surface area is 178 Å². The maximum Gasteiger partial charge on any atom is 0.417 e. The zero-order valence-corrected chi connectivity index (χ0v) is 17.6. The molecule has 0 bridgehead atoms. The molecule has 2 aromatic rings. The Kier molecular flexibility index (Phi) is 10.4. The summed E-state index contributed by atoms with van der Waals surface area (Å²) < 4.78 is 74.0. The van der Waals surface area contributed by atoms with E-state index in [1.165, 1.54) is 23.5 Å². The summed E-state index contributed by atoms with van der Waals surface area (Å²) >= 11 is 2.47. The van der Waals surface area contributed by atoms with Crippen molar-refractivity contribution in [2.45, 2.75) is 49.2 Å². The van der Waals surface area contributed by atoms with Gasteiger partial charge in [0.2, 0.25) is 0 Å². The minimum absolute atomic E-state index is 0.287. The number of aliphatic hydroxyl groups is 2. The summed E-state index contributed by atoms with van der Waals surface area (Å²) in [6.07, 6.45) is -7.29. The van der Waals surface area contributed by atoms with Crippen LogP contribution in [0.25, 0.3) is 0 Å². The summed E-state index contributed by atoms with van der Waals surface area (Å²) in [6.45, 7) is 2.96. The van der Waals surface area contributed by atoms with Gasteiger partial charge in [0, 0.05) is 22.2 Å². The lowest BCUT2D eigenvalue weighted by Crippen LogP contribution is -2.07. The molecule has 2 N–H and O–H groups in total. The number of alkyl halides is 6. The molecule has 0 aliphatic heterocycles. The van der Waals surface area contributed by atoms with Crippen LogP contribution < -0.4 is 0 Å². The highest BCUT2D eigenvalue weighted by atomic mass is 32.2. The van der Waals surface area contributed by atoms with Gasteiger partial charge in [0.05, 0.1) is 35.7 Å². The molecule has 0 aliphatic rings. The van der Waals surface area contributed by atoms with Gasteiger partial charge in [-0.15, -0.1) is 23.5 Å². The number of halogens is 6. The summed E-state index contributed by atoms with van der Waals surface area (Å²) in [5.74, 6) is 1.27. The Balaban J connectivity index is 0.000000300. The zero-order chi connectivity index (χ0) is 22.9. The van der Waals surface area contributed by atoms with E-state index in [-0.39, 0.29) is 24.6 Å². The molecule has 12 heteroatoms. The average molecular weight is 474 g/mol. The third-order valence-corrected chi connectivity index (χ3v) is 5.32. The molecule has 0 unspecified atom stereocenters. The first-order valence-corrected chi connectivity index (χ1v) is 10.5. The van der Waals surface area contributed by atoms with Crippen molar-refractivity contribution >= 4 is 23.5 Å². The van der Waals surface area contributed by atoms with Crippen LogP contribution in [0.1, 0.15) is 36.4 Å². The second-order valence-electron chi connectivity index (χ2n) is 5.52. The van der Waals surface area contributed by atoms with Crippen molar-refractivity contribution in [3.63, 3.8) is 0 Å². The van der Waals surface area contributed by atoms with Gasteiger partial charge in [-0.25, -0.2) is 0 Å². The van der Waals surface area contributed by atoms with Crippen molar-refractivity contribution < 1.29 is 36.6 Å². The lowest BCUT2D eigenvalue weighted by atomic mass is 10.2. The molecule has 0 radical (unpaired) electrons. The van der Waals surface area contributed by atoms with E-state index in [0.29, 0.717) is 21.3 Å². The lowest BCUT2D eigenvalue weighted by molar-refractivity contribution is -0.138. The molecule has 0 saturated heterocycles. The van der Waals surface area contributed by atoms with Crippen molar-refractivity contribution in [3.8, 4) is 0 Å². The molecule has 168 valence electrons. The van der Waals surface area contributed by atoms with Gasteiger partial charge in [-0.2, -0.15) is 26.3 Å². The molecule has 0 spiro atoms. The summed E-state index contributed by atoms with van der Waals surface area (Å²) in [7, 11) is 0. The molecule has 0 fully saturated rings. The Morgan fingerprint density at radius 2 is 1.07 bits per heavy atom. The topological polar surface area (TPSA) is 66.2 Å². The fourth-order valence-corrected chi connectivity index (χ4v) is 3.66. The highest BCUT2D eigenvalue weighted by Gasteiger charge is 2.32. The largest absolute Gasteiger partial charge is 0.417 e. The minimum Gasteiger partial charge on any atom is -0.390 e. The van der Waals surface area contributed by atoms with Gasteiger partial charge in [-0.05, 0) is 23.6 Å². The van der Waals surface area contributed by atoms with Crippen molar-refractivity contribution in [1.82, 2.24) is 9.97 Å². The first-order chi connectivity index (χ1) is 14.0. The normalized spacial score (nSPS) is 11.8. The van der Waals surface area contributed by atoms with Crippen molar-refractivity contribution in [1.29, 1.82) is 0 Å². The highest BCUT2D eigenvalue weighted by molar-refractivity contribution is 7.99. The average Bonchev–Trinajstić information content (AvgIpc) is 2.67. The SMILES string of the molecule is CCSc1cc(C(F)(F)F)cnc1CO.CCSc1cc(C(F)(F)F)cnc1CO. The Bertz CT molecular complexity index is 749. The van der Waals surface area contributed by atoms with Gasteiger partial charge in [0.15, 0.2) is 0 Å². The molecule has 0 aromatic carbocycles. The second kappa shape index (κ2) is 11.8. The van der Waals surface area contributed by atoms with Crippen molar-refractivity contribution in [2.75, 3.05) is 11.5 Å². The van der Waals surface area contributed by atoms with Crippen LogP contribution in [0.5, 0.6) is 0 Å². The van der Waals surface area contributed by atoms with E-state index >= 15 is 0 Å². The quantitative estimate of drug-likeness (QED) is 0.431. The van der Waals surface area contributed by atoms with Crippen LogP contribution in [-0.2, 0) is 25.6 Å². The zero-order valence-electron chi connectivity index (χ0n) is 16.0. The van der Waals surface area contributed by atoms with Gasteiger partial charge in [0.25, 0.3) is 0 Å². The maximum atomic E-state index is 12.3. The number of thioether (sulfide) groups is 2. The summed E-state index contributed by atoms with van der Waals surface area (Å²) in [6, 6.07) is 2.04. The highest BCUT2D eigenvalue weighted by Crippen LogP contribution is 2.33. The monoisotopic (exact) mass is 474 g/mol. The first-order valence-electron chi connectivity index (χ1n) is 8.57. The third kappa shape index (κ3) is 7.97. The molecule has 0 amide bonds. The van der Waals surface area contributed by atoms with Crippen molar-refractivity contribution in [3.05, 3.63) is 47.0 Å². The van der Waals surface area contributed by atoms with E-state index in [2.05, 4.69) is 9.97 Å². The maximum absolute atomic E-state index is 12.3. The Morgan fingerprint density at radius 3 is 1.30 bits per heavy atom. The molecule has 0 aliphatic carbocycles. The summed E-state index contributed by atoms with van der Waals surface area (Å²) in [4.78, 5) is 7.95. The van der Waals surface area contributed by atoms with Gasteiger partial charge < -0.3 is 10.2 Å². The van der Waals surface area contributed by atoms with Crippen LogP contribution >= 0.6 is 23.5 Å². The Hall–Kier alpha value is -1.50. The molecule has 2 aromatic heterocycles. The smallest absolute Gasteiger partial charge is 0.390 e. The van der Waals surface area contributed by atoms with Gasteiger partial charge in [-0.1, -0.05) is 13.8 Å². The van der Waals surface area contributed by atoms with Crippen LogP contribution in [0, 0.1) is 0 Å².